The normalized spacial score (nSPS) is 11.5. The second-order valence-corrected chi connectivity index (χ2v) is 9.81. The lowest BCUT2D eigenvalue weighted by Gasteiger charge is -2.11. The number of fused-ring (bicyclic) bond motifs is 2. The van der Waals surface area contributed by atoms with Crippen LogP contribution < -0.4 is 15.0 Å². The molecule has 0 atom stereocenters. The maximum atomic E-state index is 13.6. The van der Waals surface area contributed by atoms with E-state index in [0.29, 0.717) is 44.9 Å². The quantitative estimate of drug-likeness (QED) is 0.182. The topological polar surface area (TPSA) is 78.9 Å². The molecule has 6 rings (SSSR count). The van der Waals surface area contributed by atoms with Crippen LogP contribution in [0.4, 0.5) is 4.39 Å². The SMILES string of the molecule is COc1cccc2oc(-c3nc4ccccc4c(=O)n3N=Cc3cc(Br)ccc3OCc3cccc(F)c3)cc12. The summed E-state index contributed by atoms with van der Waals surface area (Å²) in [4.78, 5) is 18.4. The number of nitrogens with zero attached hydrogens (tertiary/aromatic N) is 3. The number of rotatable bonds is 7. The minimum Gasteiger partial charge on any atom is -0.496 e. The van der Waals surface area contributed by atoms with E-state index < -0.39 is 0 Å². The van der Waals surface area contributed by atoms with Gasteiger partial charge in [-0.25, -0.2) is 9.37 Å². The van der Waals surface area contributed by atoms with Crippen LogP contribution in [-0.2, 0) is 6.61 Å². The van der Waals surface area contributed by atoms with Crippen molar-refractivity contribution >= 4 is 44.0 Å². The smallest absolute Gasteiger partial charge is 0.282 e. The van der Waals surface area contributed by atoms with Gasteiger partial charge >= 0.3 is 0 Å². The zero-order chi connectivity index (χ0) is 27.6. The Morgan fingerprint density at radius 2 is 1.82 bits per heavy atom. The summed E-state index contributed by atoms with van der Waals surface area (Å²) < 4.78 is 33.2. The summed E-state index contributed by atoms with van der Waals surface area (Å²) in [6.45, 7) is 0.157. The Labute approximate surface area is 236 Å². The van der Waals surface area contributed by atoms with Crippen molar-refractivity contribution in [3.8, 4) is 23.1 Å². The van der Waals surface area contributed by atoms with Crippen LogP contribution in [0.1, 0.15) is 11.1 Å². The predicted octanol–water partition coefficient (Wildman–Crippen LogP) is 7.18. The largest absolute Gasteiger partial charge is 0.496 e. The molecular formula is C31H21BrFN3O4. The zero-order valence-electron chi connectivity index (χ0n) is 21.2. The molecule has 0 spiro atoms. The number of hydrogen-bond acceptors (Lipinski definition) is 6. The molecule has 9 heteroatoms. The monoisotopic (exact) mass is 597 g/mol. The van der Waals surface area contributed by atoms with Gasteiger partial charge < -0.3 is 13.9 Å². The molecule has 0 saturated heterocycles. The van der Waals surface area contributed by atoms with Gasteiger partial charge in [0.1, 0.15) is 29.5 Å². The molecule has 40 heavy (non-hydrogen) atoms. The minimum absolute atomic E-state index is 0.157. The number of halogens is 2. The van der Waals surface area contributed by atoms with Gasteiger partial charge in [0.25, 0.3) is 5.56 Å². The van der Waals surface area contributed by atoms with Gasteiger partial charge in [-0.2, -0.15) is 9.78 Å². The standard InChI is InChI=1S/C31H21BrFN3O4/c1-38-27-10-5-11-28-24(27)16-29(40-28)30-35-25-9-3-2-8-23(25)31(37)36(30)34-17-20-15-21(32)12-13-26(20)39-18-19-6-4-7-22(33)14-19/h2-17H,18H2,1H3. The number of para-hydroxylation sites is 1. The average Bonchev–Trinajstić information content (AvgIpc) is 3.41. The molecule has 0 amide bonds. The van der Waals surface area contributed by atoms with Crippen molar-refractivity contribution in [2.75, 3.05) is 7.11 Å². The van der Waals surface area contributed by atoms with Gasteiger partial charge in [0.2, 0.25) is 5.82 Å². The number of ether oxygens (including phenoxy) is 2. The second-order valence-electron chi connectivity index (χ2n) is 8.90. The molecule has 0 saturated carbocycles. The van der Waals surface area contributed by atoms with Crippen LogP contribution in [0.5, 0.6) is 11.5 Å². The Morgan fingerprint density at radius 3 is 2.67 bits per heavy atom. The molecule has 0 radical (unpaired) electrons. The number of hydrogen-bond donors (Lipinski definition) is 0. The maximum Gasteiger partial charge on any atom is 0.282 e. The fraction of sp³-hybridized carbons (Fsp3) is 0.0645. The Bertz CT molecular complexity index is 1960. The van der Waals surface area contributed by atoms with E-state index in [4.69, 9.17) is 18.9 Å². The zero-order valence-corrected chi connectivity index (χ0v) is 22.8. The second kappa shape index (κ2) is 10.8. The molecule has 0 aliphatic heterocycles. The summed E-state index contributed by atoms with van der Waals surface area (Å²) in [5, 5.41) is 5.71. The van der Waals surface area contributed by atoms with E-state index in [1.807, 2.05) is 36.4 Å². The van der Waals surface area contributed by atoms with Crippen LogP contribution in [-0.4, -0.2) is 23.0 Å². The van der Waals surface area contributed by atoms with Gasteiger partial charge in [0.05, 0.1) is 29.6 Å². The van der Waals surface area contributed by atoms with Crippen LogP contribution in [0.15, 0.2) is 110 Å². The highest BCUT2D eigenvalue weighted by atomic mass is 79.9. The van der Waals surface area contributed by atoms with Crippen LogP contribution in [0.25, 0.3) is 33.5 Å². The average molecular weight is 598 g/mol. The highest BCUT2D eigenvalue weighted by Crippen LogP contribution is 2.33. The Balaban J connectivity index is 1.45. The van der Waals surface area contributed by atoms with Gasteiger partial charge in [0, 0.05) is 10.0 Å². The van der Waals surface area contributed by atoms with Crippen molar-refractivity contribution in [1.29, 1.82) is 0 Å². The van der Waals surface area contributed by atoms with Gasteiger partial charge in [-0.05, 0) is 66.2 Å². The number of aromatic nitrogens is 2. The third kappa shape index (κ3) is 4.99. The first-order valence-electron chi connectivity index (χ1n) is 12.3. The lowest BCUT2D eigenvalue weighted by Crippen LogP contribution is -2.20. The number of furan rings is 1. The first kappa shape index (κ1) is 25.5. The van der Waals surface area contributed by atoms with Crippen molar-refractivity contribution < 1.29 is 18.3 Å². The van der Waals surface area contributed by atoms with Crippen LogP contribution in [0.3, 0.4) is 0 Å². The molecule has 198 valence electrons. The van der Waals surface area contributed by atoms with E-state index in [1.165, 1.54) is 23.0 Å². The van der Waals surface area contributed by atoms with E-state index in [2.05, 4.69) is 21.0 Å². The fourth-order valence-electron chi connectivity index (χ4n) is 4.37. The molecular weight excluding hydrogens is 577 g/mol. The maximum absolute atomic E-state index is 13.6. The van der Waals surface area contributed by atoms with Gasteiger partial charge in [-0.3, -0.25) is 4.79 Å². The Morgan fingerprint density at radius 1 is 0.975 bits per heavy atom. The molecule has 0 fully saturated rings. The molecule has 6 aromatic rings. The van der Waals surface area contributed by atoms with Crippen molar-refractivity contribution in [2.45, 2.75) is 6.61 Å². The Kier molecular flexibility index (Phi) is 6.88. The van der Waals surface area contributed by atoms with Crippen molar-refractivity contribution in [2.24, 2.45) is 5.10 Å². The highest BCUT2D eigenvalue weighted by Gasteiger charge is 2.18. The number of methoxy groups -OCH3 is 1. The molecule has 0 unspecified atom stereocenters. The lowest BCUT2D eigenvalue weighted by atomic mass is 10.2. The molecule has 0 aliphatic rings. The summed E-state index contributed by atoms with van der Waals surface area (Å²) >= 11 is 3.48. The van der Waals surface area contributed by atoms with Gasteiger partial charge in [-0.1, -0.05) is 46.3 Å². The molecule has 7 nitrogen and oxygen atoms in total. The molecule has 0 bridgehead atoms. The molecule has 4 aromatic carbocycles. The molecule has 2 aromatic heterocycles. The first-order chi connectivity index (χ1) is 19.5. The lowest BCUT2D eigenvalue weighted by molar-refractivity contribution is 0.305. The summed E-state index contributed by atoms with van der Waals surface area (Å²) in [5.74, 6) is 1.40. The van der Waals surface area contributed by atoms with Crippen molar-refractivity contribution in [1.82, 2.24) is 9.66 Å². The minimum atomic E-state index is -0.360. The van der Waals surface area contributed by atoms with Crippen LogP contribution >= 0.6 is 15.9 Å². The summed E-state index contributed by atoms with van der Waals surface area (Å²) in [6.07, 6.45) is 1.52. The highest BCUT2D eigenvalue weighted by molar-refractivity contribution is 9.10. The predicted molar refractivity (Wildman–Crippen MR) is 156 cm³/mol. The summed E-state index contributed by atoms with van der Waals surface area (Å²) in [6, 6.07) is 26.0. The van der Waals surface area contributed by atoms with Crippen LogP contribution in [0.2, 0.25) is 0 Å². The first-order valence-corrected chi connectivity index (χ1v) is 13.1. The molecule has 0 aliphatic carbocycles. The van der Waals surface area contributed by atoms with E-state index >= 15 is 0 Å². The Hall–Kier alpha value is -4.76. The summed E-state index contributed by atoms with van der Waals surface area (Å²) in [5.41, 5.74) is 2.03. The number of benzene rings is 4. The summed E-state index contributed by atoms with van der Waals surface area (Å²) in [7, 11) is 1.59. The van der Waals surface area contributed by atoms with E-state index in [1.54, 1.807) is 49.6 Å². The molecule has 2 heterocycles. The van der Waals surface area contributed by atoms with E-state index in [-0.39, 0.29) is 23.8 Å². The third-order valence-electron chi connectivity index (χ3n) is 6.28. The van der Waals surface area contributed by atoms with Crippen molar-refractivity contribution in [3.63, 3.8) is 0 Å². The fourth-order valence-corrected chi connectivity index (χ4v) is 4.75. The van der Waals surface area contributed by atoms with Gasteiger partial charge in [-0.15, -0.1) is 0 Å². The third-order valence-corrected chi connectivity index (χ3v) is 6.78. The van der Waals surface area contributed by atoms with E-state index in [0.717, 1.165) is 9.86 Å². The molecule has 0 N–H and O–H groups in total. The van der Waals surface area contributed by atoms with E-state index in [9.17, 15) is 9.18 Å². The van der Waals surface area contributed by atoms with Crippen molar-refractivity contribution in [3.05, 3.63) is 123 Å². The van der Waals surface area contributed by atoms with Gasteiger partial charge in [0.15, 0.2) is 5.76 Å². The van der Waals surface area contributed by atoms with Crippen LogP contribution in [0, 0.1) is 5.82 Å².